The van der Waals surface area contributed by atoms with E-state index in [1.165, 1.54) is 12.1 Å². The maximum Gasteiger partial charge on any atom is 0.273 e. The lowest BCUT2D eigenvalue weighted by Gasteiger charge is -2.36. The number of carbonyl (C=O) groups is 4. The fraction of sp³-hybridized carbons (Fsp3) is 0.280. The smallest absolute Gasteiger partial charge is 0.273 e. The number of amides is 3. The number of imide groups is 1. The Morgan fingerprint density at radius 2 is 1.32 bits per heavy atom. The average molecular weight is 666 g/mol. The summed E-state index contributed by atoms with van der Waals surface area (Å²) in [5.74, 6) is -6.74. The first kappa shape index (κ1) is 29.1. The third-order valence-corrected chi connectivity index (χ3v) is 11.6. The standard InChI is InChI=1S/C25H15Cl6N3O6/c1-11-2-4-12(5-3-11)15(35)10-32(20(36)13-6-8-14(9-7-13)34(39)40)33-21(37)16-17(22(33)38)24(29)19(27)18(26)23(16,28)25(24,30)31/h2-9,16-17H,10H2,1H3/t16-,17-,23+,24+/m0/s1. The molecule has 0 N–H and O–H groups in total. The van der Waals surface area contributed by atoms with Crippen LogP contribution in [0.15, 0.2) is 58.6 Å². The Kier molecular flexibility index (Phi) is 6.97. The highest BCUT2D eigenvalue weighted by molar-refractivity contribution is 6.66. The molecule has 0 unspecified atom stereocenters. The molecule has 2 fully saturated rings. The highest BCUT2D eigenvalue weighted by Gasteiger charge is 2.88. The van der Waals surface area contributed by atoms with Crippen molar-refractivity contribution in [1.29, 1.82) is 0 Å². The first-order chi connectivity index (χ1) is 18.6. The molecule has 0 radical (unpaired) electrons. The molecule has 2 aliphatic carbocycles. The predicted octanol–water partition coefficient (Wildman–Crippen LogP) is 5.59. The van der Waals surface area contributed by atoms with Crippen molar-refractivity contribution in [2.45, 2.75) is 21.0 Å². The molecule has 5 rings (SSSR count). The summed E-state index contributed by atoms with van der Waals surface area (Å²) >= 11 is 39.2. The Balaban J connectivity index is 1.59. The number of rotatable bonds is 6. The van der Waals surface area contributed by atoms with E-state index in [-0.39, 0.29) is 26.9 Å². The molecule has 4 atom stereocenters. The molecule has 2 aromatic carbocycles. The molecular weight excluding hydrogens is 651 g/mol. The van der Waals surface area contributed by atoms with Crippen molar-refractivity contribution in [3.05, 3.63) is 85.4 Å². The van der Waals surface area contributed by atoms with Crippen LogP contribution in [0.1, 0.15) is 26.3 Å². The van der Waals surface area contributed by atoms with Crippen molar-refractivity contribution in [2.24, 2.45) is 11.8 Å². The van der Waals surface area contributed by atoms with Crippen LogP contribution in [0.5, 0.6) is 0 Å². The van der Waals surface area contributed by atoms with Crippen LogP contribution in [0.4, 0.5) is 5.69 Å². The van der Waals surface area contributed by atoms with Crippen LogP contribution in [0.25, 0.3) is 0 Å². The SMILES string of the molecule is Cc1ccc(C(=O)CN(C(=O)c2ccc([N+](=O)[O-])cc2)N2C(=O)[C@@H]3[C@@H](C2=O)[C@@]2(Cl)C(Cl)=C(Cl)[C@@]3(Cl)C2(Cl)Cl)cc1. The molecule has 40 heavy (non-hydrogen) atoms. The monoisotopic (exact) mass is 663 g/mol. The second-order valence-corrected chi connectivity index (χ2v) is 12.8. The van der Waals surface area contributed by atoms with E-state index >= 15 is 0 Å². The highest BCUT2D eigenvalue weighted by atomic mass is 35.5. The van der Waals surface area contributed by atoms with E-state index in [0.717, 1.165) is 29.8 Å². The first-order valence-electron chi connectivity index (χ1n) is 11.5. The molecular formula is C25H15Cl6N3O6. The maximum atomic E-state index is 13.9. The van der Waals surface area contributed by atoms with Gasteiger partial charge in [0.25, 0.3) is 23.4 Å². The molecule has 9 nitrogen and oxygen atoms in total. The van der Waals surface area contributed by atoms with Gasteiger partial charge in [-0.3, -0.25) is 29.3 Å². The van der Waals surface area contributed by atoms with E-state index in [9.17, 15) is 29.3 Å². The van der Waals surface area contributed by atoms with Gasteiger partial charge in [0.2, 0.25) is 0 Å². The number of non-ortho nitro benzene ring substituents is 1. The second kappa shape index (κ2) is 9.58. The third kappa shape index (κ3) is 3.68. The van der Waals surface area contributed by atoms with Crippen molar-refractivity contribution in [3.63, 3.8) is 0 Å². The Morgan fingerprint density at radius 1 is 0.875 bits per heavy atom. The van der Waals surface area contributed by atoms with Crippen LogP contribution in [0.2, 0.25) is 0 Å². The fourth-order valence-electron chi connectivity index (χ4n) is 5.29. The minimum absolute atomic E-state index is 0.151. The van der Waals surface area contributed by atoms with Crippen molar-refractivity contribution in [3.8, 4) is 0 Å². The molecule has 0 aromatic heterocycles. The van der Waals surface area contributed by atoms with Crippen molar-refractivity contribution in [2.75, 3.05) is 6.54 Å². The number of nitro groups is 1. The Labute approximate surface area is 256 Å². The van der Waals surface area contributed by atoms with E-state index < -0.39 is 60.9 Å². The van der Waals surface area contributed by atoms with Gasteiger partial charge < -0.3 is 0 Å². The van der Waals surface area contributed by atoms with Crippen molar-refractivity contribution in [1.82, 2.24) is 10.0 Å². The number of allylic oxidation sites excluding steroid dienone is 2. The van der Waals surface area contributed by atoms with E-state index in [4.69, 9.17) is 69.6 Å². The number of alkyl halides is 4. The number of hydrogen-bond donors (Lipinski definition) is 0. The zero-order valence-corrected chi connectivity index (χ0v) is 24.6. The number of aryl methyl sites for hydroxylation is 1. The molecule has 0 spiro atoms. The number of nitrogens with zero attached hydrogens (tertiary/aromatic N) is 3. The second-order valence-electron chi connectivity index (χ2n) is 9.53. The van der Waals surface area contributed by atoms with Gasteiger partial charge in [-0.1, -0.05) is 76.2 Å². The summed E-state index contributed by atoms with van der Waals surface area (Å²) in [6, 6.07) is 10.8. The summed E-state index contributed by atoms with van der Waals surface area (Å²) in [6.45, 7) is 1.05. The summed E-state index contributed by atoms with van der Waals surface area (Å²) in [4.78, 5) is 60.9. The molecule has 1 saturated heterocycles. The molecule has 1 saturated carbocycles. The lowest BCUT2D eigenvalue weighted by molar-refractivity contribution is -0.384. The minimum atomic E-state index is -2.19. The third-order valence-electron chi connectivity index (χ3n) is 7.35. The van der Waals surface area contributed by atoms with Crippen LogP contribution < -0.4 is 0 Å². The van der Waals surface area contributed by atoms with Crippen LogP contribution in [0, 0.1) is 28.9 Å². The molecule has 208 valence electrons. The summed E-state index contributed by atoms with van der Waals surface area (Å²) in [5, 5.41) is 11.6. The normalized spacial score (nSPS) is 28.2. The first-order valence-corrected chi connectivity index (χ1v) is 13.7. The number of nitro benzene ring substituents is 1. The lowest BCUT2D eigenvalue weighted by atomic mass is 9.84. The van der Waals surface area contributed by atoms with Crippen LogP contribution in [0.3, 0.4) is 0 Å². The number of Topliss-reactive ketones (excluding diaryl/α,β-unsaturated/α-hetero) is 1. The summed E-state index contributed by atoms with van der Waals surface area (Å²) in [7, 11) is 0. The van der Waals surface area contributed by atoms with Crippen molar-refractivity contribution >= 4 is 98.8 Å². The van der Waals surface area contributed by atoms with Crippen LogP contribution >= 0.6 is 69.6 Å². The Morgan fingerprint density at radius 3 is 1.77 bits per heavy atom. The summed E-state index contributed by atoms with van der Waals surface area (Å²) in [6.07, 6.45) is 0. The van der Waals surface area contributed by atoms with E-state index in [1.54, 1.807) is 12.1 Å². The van der Waals surface area contributed by atoms with Gasteiger partial charge in [-0.25, -0.2) is 5.01 Å². The highest BCUT2D eigenvalue weighted by Crippen LogP contribution is 2.77. The largest absolute Gasteiger partial charge is 0.292 e. The van der Waals surface area contributed by atoms with Gasteiger partial charge in [-0.15, -0.1) is 23.2 Å². The number of hydrazine groups is 1. The van der Waals surface area contributed by atoms with Crippen LogP contribution in [-0.2, 0) is 9.59 Å². The Bertz CT molecular complexity index is 1500. The number of fused-ring (bicyclic) bond motifs is 5. The van der Waals surface area contributed by atoms with Gasteiger partial charge in [-0.2, -0.15) is 5.01 Å². The van der Waals surface area contributed by atoms with Crippen LogP contribution in [-0.4, -0.2) is 59.1 Å². The molecule has 1 heterocycles. The number of ketones is 1. The Hall–Kier alpha value is -2.40. The van der Waals surface area contributed by atoms with E-state index in [0.29, 0.717) is 10.0 Å². The number of halogens is 6. The van der Waals surface area contributed by atoms with Gasteiger partial charge in [0.1, 0.15) is 16.3 Å². The quantitative estimate of drug-likeness (QED) is 0.131. The molecule has 2 bridgehead atoms. The van der Waals surface area contributed by atoms with Gasteiger partial charge >= 0.3 is 0 Å². The number of benzene rings is 2. The zero-order chi connectivity index (χ0) is 29.5. The van der Waals surface area contributed by atoms with Gasteiger partial charge in [0.05, 0.1) is 26.8 Å². The fourth-order valence-corrected chi connectivity index (χ4v) is 8.22. The number of carbonyl (C=O) groups excluding carboxylic acids is 4. The average Bonchev–Trinajstić information content (AvgIpc) is 3.30. The van der Waals surface area contributed by atoms with Gasteiger partial charge in [-0.05, 0) is 19.1 Å². The minimum Gasteiger partial charge on any atom is -0.292 e. The van der Waals surface area contributed by atoms with E-state index in [2.05, 4.69) is 0 Å². The topological polar surface area (TPSA) is 118 Å². The molecule has 2 aromatic rings. The molecule has 1 aliphatic heterocycles. The zero-order valence-electron chi connectivity index (χ0n) is 20.0. The predicted molar refractivity (Wildman–Crippen MR) is 149 cm³/mol. The number of hydrogen-bond acceptors (Lipinski definition) is 6. The molecule has 15 heteroatoms. The van der Waals surface area contributed by atoms with Gasteiger partial charge in [0.15, 0.2) is 10.1 Å². The maximum absolute atomic E-state index is 13.9. The van der Waals surface area contributed by atoms with E-state index in [1.807, 2.05) is 6.92 Å². The van der Waals surface area contributed by atoms with Crippen molar-refractivity contribution < 1.29 is 24.1 Å². The summed E-state index contributed by atoms with van der Waals surface area (Å²) in [5.41, 5.74) is 0.613. The summed E-state index contributed by atoms with van der Waals surface area (Å²) < 4.78 is -2.19. The molecule has 3 aliphatic rings. The lowest BCUT2D eigenvalue weighted by Crippen LogP contribution is -2.56. The molecule has 3 amide bonds. The van der Waals surface area contributed by atoms with Gasteiger partial charge in [0, 0.05) is 23.3 Å².